The highest BCUT2D eigenvalue weighted by atomic mass is 16.5. The molecule has 0 spiro atoms. The predicted molar refractivity (Wildman–Crippen MR) is 343 cm³/mol. The van der Waals surface area contributed by atoms with Crippen molar-refractivity contribution < 1.29 is 134 Å². The molecule has 0 saturated heterocycles. The van der Waals surface area contributed by atoms with Crippen molar-refractivity contribution >= 4 is 59.1 Å². The van der Waals surface area contributed by atoms with Gasteiger partial charge in [0.15, 0.2) is 6.10 Å². The van der Waals surface area contributed by atoms with Crippen LogP contribution in [0.5, 0.6) is 0 Å². The van der Waals surface area contributed by atoms with Gasteiger partial charge in [-0.2, -0.15) is 0 Å². The van der Waals surface area contributed by atoms with Gasteiger partial charge in [0.2, 0.25) is 53.2 Å². The number of aliphatic hydroxyl groups excluding tert-OH is 14. The normalized spacial score (nSPS) is 13.2. The zero-order chi connectivity index (χ0) is 73.7. The smallest absolute Gasteiger partial charge is 0.251 e. The van der Waals surface area contributed by atoms with E-state index in [1.54, 1.807) is 42.4 Å². The third-order valence-corrected chi connectivity index (χ3v) is 13.0. The summed E-state index contributed by atoms with van der Waals surface area (Å²) in [5.74, 6) is -2.95. The Hall–Kier alpha value is -5.98. The maximum atomic E-state index is 12.1. The van der Waals surface area contributed by atoms with Crippen molar-refractivity contribution in [2.45, 2.75) is 142 Å². The minimum absolute atomic E-state index is 0.000207. The molecule has 0 saturated carbocycles. The Bertz CT molecular complexity index is 1960. The maximum absolute atomic E-state index is 12.1. The van der Waals surface area contributed by atoms with Crippen LogP contribution in [0.1, 0.15) is 98.8 Å². The van der Waals surface area contributed by atoms with Crippen LogP contribution in [-0.2, 0) is 62.2 Å². The number of ether oxygens (including phenoxy) is 3. The average molecular weight is 1400 g/mol. The van der Waals surface area contributed by atoms with E-state index in [1.807, 2.05) is 6.92 Å². The first kappa shape index (κ1) is 96.4. The highest BCUT2D eigenvalue weighted by Gasteiger charge is 2.34. The Morgan fingerprint density at radius 1 is 0.354 bits per heavy atom. The summed E-state index contributed by atoms with van der Waals surface area (Å²) in [6.07, 6.45) is -8.34. The standard InChI is InChI=1S/C18H34N4O6.C17H34N2O8.C13H25N3O5.C11H23NO8/c1-3-17(27)21(9-7-19-15(25)5-13-23)11-12-22(18(28)4-2)10-8-20-16(26)6-14-24;1-2-13(9-26-11-14(22)7-18-16(24)3-5-20)10-27-12-15(23)8-19-17(25)4-6-21;1-2-13(21)16(7-5-14-11(19)3-9-17)8-6-15-12(20)4-10-18;1-2-20-5-6(14)3-12-11(19)10(18)9(17)8(16)7(15)4-13/h23-24H,3-14H2,1-2H3,(H,19,25)(H,20,26);13-15,20-23H,2-12H2,1H3,(H,18,24)(H,19,25);17-18H,2-10H2,1H3,(H,14,19)(H,15,20);6-10,13-18H,2-5H2,1H3,(H,12,19). The average Bonchev–Trinajstić information content (AvgIpc) is 1.54. The van der Waals surface area contributed by atoms with Gasteiger partial charge in [-0.3, -0.25) is 47.9 Å². The van der Waals surface area contributed by atoms with Gasteiger partial charge in [-0.25, -0.2) is 0 Å². The van der Waals surface area contributed by atoms with E-state index in [4.69, 9.17) is 55.1 Å². The van der Waals surface area contributed by atoms with Gasteiger partial charge in [0.25, 0.3) is 5.91 Å². The maximum Gasteiger partial charge on any atom is 0.251 e. The topological polar surface area (TPSA) is 576 Å². The fourth-order valence-electron chi connectivity index (χ4n) is 7.38. The molecule has 0 rings (SSSR count). The number of aliphatic hydroxyl groups is 14. The van der Waals surface area contributed by atoms with E-state index in [2.05, 4.69) is 37.2 Å². The van der Waals surface area contributed by atoms with Crippen LogP contribution in [-0.4, -0.2) is 359 Å². The summed E-state index contributed by atoms with van der Waals surface area (Å²) in [5, 5.41) is 144. The molecular formula is C59H116N10O27. The van der Waals surface area contributed by atoms with Crippen molar-refractivity contribution in [2.24, 2.45) is 5.92 Å². The fraction of sp³-hybridized carbons (Fsp3) is 0.831. The molecule has 37 heteroatoms. The lowest BCUT2D eigenvalue weighted by Crippen LogP contribution is -2.52. The Morgan fingerprint density at radius 2 is 0.635 bits per heavy atom. The number of nitrogens with zero attached hydrogens (tertiary/aromatic N) is 3. The molecule has 0 radical (unpaired) electrons. The molecule has 0 aromatic carbocycles. The molecule has 0 aromatic rings. The lowest BCUT2D eigenvalue weighted by molar-refractivity contribution is -0.149. The predicted octanol–water partition coefficient (Wildman–Crippen LogP) is -9.62. The summed E-state index contributed by atoms with van der Waals surface area (Å²) in [5.41, 5.74) is 0. The Balaban J connectivity index is -0.000000594. The van der Waals surface area contributed by atoms with Gasteiger partial charge in [0.1, 0.15) is 18.3 Å². The lowest BCUT2D eigenvalue weighted by Gasteiger charge is -2.28. The van der Waals surface area contributed by atoms with Crippen LogP contribution in [0.4, 0.5) is 0 Å². The molecule has 10 amide bonds. The van der Waals surface area contributed by atoms with Gasteiger partial charge >= 0.3 is 0 Å². The molecule has 21 N–H and O–H groups in total. The van der Waals surface area contributed by atoms with E-state index in [9.17, 15) is 78.6 Å². The minimum Gasteiger partial charge on any atom is -0.396 e. The second-order valence-electron chi connectivity index (χ2n) is 20.9. The summed E-state index contributed by atoms with van der Waals surface area (Å²) in [6, 6.07) is 0. The van der Waals surface area contributed by atoms with Gasteiger partial charge in [-0.05, 0) is 13.3 Å². The van der Waals surface area contributed by atoms with E-state index in [-0.39, 0.29) is 190 Å². The van der Waals surface area contributed by atoms with Crippen LogP contribution in [0.15, 0.2) is 0 Å². The quantitative estimate of drug-likeness (QED) is 0.0269. The van der Waals surface area contributed by atoms with E-state index < -0.39 is 55.2 Å². The second-order valence-corrected chi connectivity index (χ2v) is 20.9. The molecular weight excluding hydrogens is 1280 g/mol. The molecule has 96 heavy (non-hydrogen) atoms. The number of carbonyl (C=O) groups excluding carboxylic acids is 10. The Morgan fingerprint density at radius 3 is 0.906 bits per heavy atom. The first-order valence-corrected chi connectivity index (χ1v) is 32.2. The highest BCUT2D eigenvalue weighted by molar-refractivity contribution is 5.81. The number of amides is 10. The summed E-state index contributed by atoms with van der Waals surface area (Å²) in [4.78, 5) is 120. The first-order chi connectivity index (χ1) is 45.7. The zero-order valence-electron chi connectivity index (χ0n) is 56.5. The summed E-state index contributed by atoms with van der Waals surface area (Å²) in [6.45, 7) is 11.0. The van der Waals surface area contributed by atoms with Crippen molar-refractivity contribution in [2.75, 3.05) is 171 Å². The SMILES string of the molecule is CCC(=O)N(CCNC(=O)CCO)CCN(CCNC(=O)CCO)C(=O)CC.CCC(=O)N(CCNC(=O)CCO)CCNC(=O)CCO.CCC(COCC(O)CNC(=O)CCO)COCC(O)CNC(=O)CCO.CCOCC(O)CNC(=O)C(O)C(O)C(O)C(O)CO. The summed E-state index contributed by atoms with van der Waals surface area (Å²) >= 11 is 0. The van der Waals surface area contributed by atoms with E-state index in [1.165, 1.54) is 0 Å². The molecule has 0 fully saturated rings. The molecule has 0 aliphatic rings. The molecule has 37 nitrogen and oxygen atoms in total. The largest absolute Gasteiger partial charge is 0.396 e. The van der Waals surface area contributed by atoms with Gasteiger partial charge in [0, 0.05) is 155 Å². The van der Waals surface area contributed by atoms with Gasteiger partial charge in [-0.15, -0.1) is 0 Å². The monoisotopic (exact) mass is 1400 g/mol. The molecule has 0 aliphatic carbocycles. The van der Waals surface area contributed by atoms with E-state index >= 15 is 0 Å². The van der Waals surface area contributed by atoms with Crippen molar-refractivity contribution in [1.82, 2.24) is 51.9 Å². The zero-order valence-corrected chi connectivity index (χ0v) is 56.5. The third kappa shape index (κ3) is 55.1. The molecule has 7 unspecified atom stereocenters. The number of hydrogen-bond acceptors (Lipinski definition) is 27. The molecule has 0 aliphatic heterocycles. The third-order valence-electron chi connectivity index (χ3n) is 13.0. The molecule has 0 bridgehead atoms. The molecule has 7 atom stereocenters. The molecule has 0 heterocycles. The van der Waals surface area contributed by atoms with Crippen molar-refractivity contribution in [3.63, 3.8) is 0 Å². The number of rotatable bonds is 53. The fourth-order valence-corrected chi connectivity index (χ4v) is 7.38. The Kier molecular flexibility index (Phi) is 65.3. The number of hydrogen-bond donors (Lipinski definition) is 21. The van der Waals surface area contributed by atoms with Crippen molar-refractivity contribution in [1.29, 1.82) is 0 Å². The van der Waals surface area contributed by atoms with Gasteiger partial charge in [0.05, 0.1) is 97.6 Å². The number of nitrogens with one attached hydrogen (secondary N) is 7. The number of carbonyl (C=O) groups is 10. The van der Waals surface area contributed by atoms with Crippen molar-refractivity contribution in [3.8, 4) is 0 Å². The van der Waals surface area contributed by atoms with Crippen LogP contribution in [0.25, 0.3) is 0 Å². The van der Waals surface area contributed by atoms with Crippen LogP contribution in [0.2, 0.25) is 0 Å². The van der Waals surface area contributed by atoms with Crippen LogP contribution in [0.3, 0.4) is 0 Å². The molecule has 564 valence electrons. The van der Waals surface area contributed by atoms with E-state index in [0.717, 1.165) is 6.42 Å². The highest BCUT2D eigenvalue weighted by Crippen LogP contribution is 2.07. The summed E-state index contributed by atoms with van der Waals surface area (Å²) < 4.78 is 15.8. The lowest BCUT2D eigenvalue weighted by atomic mass is 10.0. The van der Waals surface area contributed by atoms with Crippen LogP contribution >= 0.6 is 0 Å². The molecule has 0 aromatic heterocycles. The van der Waals surface area contributed by atoms with Crippen LogP contribution < -0.4 is 37.2 Å². The second kappa shape index (κ2) is 65.0. The first-order valence-electron chi connectivity index (χ1n) is 32.2. The van der Waals surface area contributed by atoms with Crippen LogP contribution in [0, 0.1) is 5.92 Å². The van der Waals surface area contributed by atoms with E-state index in [0.29, 0.717) is 91.4 Å². The van der Waals surface area contributed by atoms with Gasteiger partial charge < -0.3 is 138 Å². The minimum atomic E-state index is -2.01. The summed E-state index contributed by atoms with van der Waals surface area (Å²) in [7, 11) is 0. The van der Waals surface area contributed by atoms with Gasteiger partial charge in [-0.1, -0.05) is 27.7 Å². The Labute approximate surface area is 561 Å². The van der Waals surface area contributed by atoms with Crippen molar-refractivity contribution in [3.05, 3.63) is 0 Å².